The molecule has 54 heavy (non-hydrogen) atoms. The number of aromatic nitrogens is 2. The van der Waals surface area contributed by atoms with Crippen molar-refractivity contribution in [2.45, 2.75) is 0 Å². The number of hydrogen-bond donors (Lipinski definition) is 0. The van der Waals surface area contributed by atoms with Crippen LogP contribution in [0.4, 0.5) is 0 Å². The van der Waals surface area contributed by atoms with Crippen LogP contribution in [0.1, 0.15) is 0 Å². The second-order valence-corrected chi connectivity index (χ2v) is 13.9. The molecule has 9 aromatic carbocycles. The molecule has 0 saturated carbocycles. The van der Waals surface area contributed by atoms with Gasteiger partial charge >= 0.3 is 0 Å². The lowest BCUT2D eigenvalue weighted by Crippen LogP contribution is -1.97. The smallest absolute Gasteiger partial charge is 0.145 e. The highest BCUT2D eigenvalue weighted by Crippen LogP contribution is 2.46. The number of furan rings is 1. The van der Waals surface area contributed by atoms with Gasteiger partial charge < -0.3 is 4.42 Å². The summed E-state index contributed by atoms with van der Waals surface area (Å²) in [6, 6.07) is 69.3. The largest absolute Gasteiger partial charge is 0.456 e. The molecule has 0 amide bonds. The highest BCUT2D eigenvalue weighted by molar-refractivity contribution is 6.22. The lowest BCUT2D eigenvalue weighted by molar-refractivity contribution is 0.669. The van der Waals surface area contributed by atoms with Crippen LogP contribution < -0.4 is 0 Å². The van der Waals surface area contributed by atoms with Gasteiger partial charge in [-0.1, -0.05) is 140 Å². The number of hydrogen-bond acceptors (Lipinski definition) is 2. The van der Waals surface area contributed by atoms with E-state index in [0.29, 0.717) is 0 Å². The van der Waals surface area contributed by atoms with Crippen LogP contribution >= 0.6 is 0 Å². The molecule has 0 saturated heterocycles. The van der Waals surface area contributed by atoms with Gasteiger partial charge in [0.1, 0.15) is 17.0 Å². The minimum absolute atomic E-state index is 0.897. The van der Waals surface area contributed by atoms with Gasteiger partial charge in [-0.2, -0.15) is 0 Å². The van der Waals surface area contributed by atoms with E-state index in [9.17, 15) is 0 Å². The Balaban J connectivity index is 1.20. The Morgan fingerprint density at radius 2 is 0.926 bits per heavy atom. The van der Waals surface area contributed by atoms with Crippen molar-refractivity contribution in [3.05, 3.63) is 194 Å². The SMILES string of the molecule is c1ccc(-c2ccc3c(-c4cccc(-c5nc6ccccc6n5-c5ccccc5)c4)c4ccccc4c(-c4ccc5oc6ccccc6c5c4)c3c2)cc1. The molecule has 2 heterocycles. The molecule has 0 unspecified atom stereocenters. The van der Waals surface area contributed by atoms with E-state index in [1.54, 1.807) is 0 Å². The molecule has 0 spiro atoms. The van der Waals surface area contributed by atoms with Gasteiger partial charge in [0.15, 0.2) is 0 Å². The first-order valence-corrected chi connectivity index (χ1v) is 18.4. The third-order valence-corrected chi connectivity index (χ3v) is 10.8. The number of imidazole rings is 1. The zero-order valence-electron chi connectivity index (χ0n) is 29.3. The van der Waals surface area contributed by atoms with Crippen LogP contribution in [0.3, 0.4) is 0 Å². The lowest BCUT2D eigenvalue weighted by atomic mass is 9.84. The van der Waals surface area contributed by atoms with Gasteiger partial charge in [0.25, 0.3) is 0 Å². The monoisotopic (exact) mass is 688 g/mol. The van der Waals surface area contributed by atoms with Crippen LogP contribution in [0.25, 0.3) is 105 Å². The maximum Gasteiger partial charge on any atom is 0.145 e. The molecule has 0 bridgehead atoms. The van der Waals surface area contributed by atoms with Gasteiger partial charge in [-0.25, -0.2) is 4.98 Å². The molecule has 0 aliphatic heterocycles. The van der Waals surface area contributed by atoms with Crippen LogP contribution in [0.5, 0.6) is 0 Å². The van der Waals surface area contributed by atoms with Crippen molar-refractivity contribution in [2.75, 3.05) is 0 Å². The molecule has 3 nitrogen and oxygen atoms in total. The van der Waals surface area contributed by atoms with E-state index in [1.165, 1.54) is 43.8 Å². The number of para-hydroxylation sites is 4. The Bertz CT molecular complexity index is 3210. The highest BCUT2D eigenvalue weighted by atomic mass is 16.3. The third kappa shape index (κ3) is 4.79. The normalized spacial score (nSPS) is 11.7. The summed E-state index contributed by atoms with van der Waals surface area (Å²) in [5, 5.41) is 7.08. The molecule has 0 aliphatic rings. The molecule has 2 aromatic heterocycles. The quantitative estimate of drug-likeness (QED) is 0.169. The van der Waals surface area contributed by atoms with Gasteiger partial charge in [0.2, 0.25) is 0 Å². The molecule has 0 N–H and O–H groups in total. The van der Waals surface area contributed by atoms with E-state index in [1.807, 2.05) is 12.1 Å². The molecule has 0 fully saturated rings. The van der Waals surface area contributed by atoms with Gasteiger partial charge in [-0.05, 0) is 110 Å². The molecular formula is C51H32N2O. The van der Waals surface area contributed by atoms with Gasteiger partial charge in [-0.3, -0.25) is 4.57 Å². The number of nitrogens with zero attached hydrogens (tertiary/aromatic N) is 2. The van der Waals surface area contributed by atoms with Crippen LogP contribution in [0, 0.1) is 0 Å². The average Bonchev–Trinajstić information content (AvgIpc) is 3.82. The summed E-state index contributed by atoms with van der Waals surface area (Å²) in [4.78, 5) is 5.21. The van der Waals surface area contributed by atoms with E-state index >= 15 is 0 Å². The molecule has 3 heteroatoms. The average molecular weight is 689 g/mol. The minimum atomic E-state index is 0.897. The van der Waals surface area contributed by atoms with E-state index in [0.717, 1.165) is 61.2 Å². The fraction of sp³-hybridized carbons (Fsp3) is 0. The standard InChI is InChI=1S/C51H32N2O/c1-3-14-33(15-4-1)34-26-28-42-44(31-34)50(36-27-29-48-43(32-36)39-20-9-12-25-47(39)54-48)41-22-8-7-21-40(41)49(42)35-16-13-17-37(30-35)51-52-45-23-10-11-24-46(45)53(51)38-18-5-2-6-19-38/h1-32H. The second-order valence-electron chi connectivity index (χ2n) is 13.9. The lowest BCUT2D eigenvalue weighted by Gasteiger charge is -2.19. The summed E-state index contributed by atoms with van der Waals surface area (Å²) < 4.78 is 8.54. The molecule has 0 radical (unpaired) electrons. The summed E-state index contributed by atoms with van der Waals surface area (Å²) in [5.74, 6) is 0.918. The molecule has 11 rings (SSSR count). The molecule has 0 atom stereocenters. The second kappa shape index (κ2) is 12.2. The first-order valence-electron chi connectivity index (χ1n) is 18.4. The summed E-state index contributed by atoms with van der Waals surface area (Å²) in [6.45, 7) is 0. The number of fused-ring (bicyclic) bond motifs is 6. The van der Waals surface area contributed by atoms with Crippen molar-refractivity contribution >= 4 is 54.5 Å². The van der Waals surface area contributed by atoms with Crippen molar-refractivity contribution in [1.82, 2.24) is 9.55 Å². The van der Waals surface area contributed by atoms with Crippen LogP contribution in [0.2, 0.25) is 0 Å². The van der Waals surface area contributed by atoms with E-state index in [2.05, 4.69) is 187 Å². The predicted molar refractivity (Wildman–Crippen MR) is 225 cm³/mol. The van der Waals surface area contributed by atoms with Gasteiger partial charge in [0.05, 0.1) is 11.0 Å². The van der Waals surface area contributed by atoms with E-state index in [-0.39, 0.29) is 0 Å². The first-order chi connectivity index (χ1) is 26.8. The maximum absolute atomic E-state index is 6.27. The Morgan fingerprint density at radius 3 is 1.76 bits per heavy atom. The predicted octanol–water partition coefficient (Wildman–Crippen LogP) is 13.9. The Morgan fingerprint density at radius 1 is 0.352 bits per heavy atom. The zero-order valence-corrected chi connectivity index (χ0v) is 29.3. The van der Waals surface area contributed by atoms with Gasteiger partial charge in [0, 0.05) is 22.0 Å². The van der Waals surface area contributed by atoms with Crippen molar-refractivity contribution in [3.63, 3.8) is 0 Å². The van der Waals surface area contributed by atoms with Crippen molar-refractivity contribution in [1.29, 1.82) is 0 Å². The van der Waals surface area contributed by atoms with Crippen LogP contribution in [0.15, 0.2) is 199 Å². The van der Waals surface area contributed by atoms with Crippen LogP contribution in [-0.2, 0) is 0 Å². The third-order valence-electron chi connectivity index (χ3n) is 10.8. The fourth-order valence-corrected chi connectivity index (χ4v) is 8.36. The van der Waals surface area contributed by atoms with E-state index < -0.39 is 0 Å². The first kappa shape index (κ1) is 30.4. The molecule has 11 aromatic rings. The minimum Gasteiger partial charge on any atom is -0.456 e. The summed E-state index contributed by atoms with van der Waals surface area (Å²) in [7, 11) is 0. The summed E-state index contributed by atoms with van der Waals surface area (Å²) in [6.07, 6.45) is 0. The highest BCUT2D eigenvalue weighted by Gasteiger charge is 2.20. The maximum atomic E-state index is 6.27. The van der Waals surface area contributed by atoms with Gasteiger partial charge in [-0.15, -0.1) is 0 Å². The van der Waals surface area contributed by atoms with Crippen molar-refractivity contribution in [2.24, 2.45) is 0 Å². The topological polar surface area (TPSA) is 31.0 Å². The van der Waals surface area contributed by atoms with Crippen molar-refractivity contribution < 1.29 is 4.42 Å². The molecular weight excluding hydrogens is 657 g/mol. The zero-order chi connectivity index (χ0) is 35.6. The number of benzene rings is 9. The Hall–Kier alpha value is -7.23. The molecule has 0 aliphatic carbocycles. The van der Waals surface area contributed by atoms with E-state index in [4.69, 9.17) is 9.40 Å². The summed E-state index contributed by atoms with van der Waals surface area (Å²) >= 11 is 0. The molecule has 252 valence electrons. The Kier molecular flexibility index (Phi) is 6.86. The number of rotatable bonds is 5. The summed E-state index contributed by atoms with van der Waals surface area (Å²) in [5.41, 5.74) is 13.1. The Labute approximate surface area is 312 Å². The van der Waals surface area contributed by atoms with Crippen LogP contribution in [-0.4, -0.2) is 9.55 Å². The fourth-order valence-electron chi connectivity index (χ4n) is 8.36. The van der Waals surface area contributed by atoms with Crippen molar-refractivity contribution in [3.8, 4) is 50.5 Å².